The highest BCUT2D eigenvalue weighted by molar-refractivity contribution is 5.95. The third-order valence-corrected chi connectivity index (χ3v) is 5.06. The molecule has 6 heteroatoms. The smallest absolute Gasteiger partial charge is 0.244 e. The number of ether oxygens (including phenoxy) is 2. The first-order valence-corrected chi connectivity index (χ1v) is 10.0. The van der Waals surface area contributed by atoms with Crippen molar-refractivity contribution in [1.82, 2.24) is 10.6 Å². The molecule has 1 aromatic carbocycles. The zero-order valence-corrected chi connectivity index (χ0v) is 17.1. The van der Waals surface area contributed by atoms with Crippen molar-refractivity contribution in [2.45, 2.75) is 51.7 Å². The summed E-state index contributed by atoms with van der Waals surface area (Å²) < 4.78 is 11.0. The van der Waals surface area contributed by atoms with E-state index < -0.39 is 6.04 Å². The molecule has 1 aliphatic rings. The monoisotopic (exact) mass is 388 g/mol. The van der Waals surface area contributed by atoms with Crippen LogP contribution in [-0.2, 0) is 14.3 Å². The minimum absolute atomic E-state index is 0.216. The van der Waals surface area contributed by atoms with Crippen molar-refractivity contribution in [1.29, 1.82) is 0 Å². The average molecular weight is 389 g/mol. The van der Waals surface area contributed by atoms with Crippen molar-refractivity contribution in [3.8, 4) is 5.75 Å². The van der Waals surface area contributed by atoms with Crippen molar-refractivity contribution in [3.63, 3.8) is 0 Å². The van der Waals surface area contributed by atoms with E-state index in [1.54, 1.807) is 20.1 Å². The lowest BCUT2D eigenvalue weighted by molar-refractivity contribution is -0.127. The predicted molar refractivity (Wildman–Crippen MR) is 110 cm³/mol. The second-order valence-electron chi connectivity index (χ2n) is 7.30. The highest BCUT2D eigenvalue weighted by Gasteiger charge is 2.21. The van der Waals surface area contributed by atoms with Gasteiger partial charge in [0.15, 0.2) is 0 Å². The Labute approximate surface area is 167 Å². The summed E-state index contributed by atoms with van der Waals surface area (Å²) in [6, 6.07) is 6.74. The zero-order chi connectivity index (χ0) is 20.4. The van der Waals surface area contributed by atoms with E-state index in [4.69, 9.17) is 9.47 Å². The van der Waals surface area contributed by atoms with Crippen LogP contribution in [0.15, 0.2) is 30.3 Å². The summed E-state index contributed by atoms with van der Waals surface area (Å²) in [5, 5.41) is 5.48. The van der Waals surface area contributed by atoms with Crippen molar-refractivity contribution < 1.29 is 19.1 Å². The van der Waals surface area contributed by atoms with Crippen LogP contribution in [0.3, 0.4) is 0 Å². The standard InChI is InChI=1S/C22H32N2O4/c1-16-6-4-5-7-20(16)28-15-14-23-22(26)17(2)24-21(25)13-10-18-8-11-19(27-3)12-9-18/h8-13,16-17,20H,4-7,14-15H2,1-3H3,(H,23,26)(H,24,25)/b13-10+. The van der Waals surface area contributed by atoms with Gasteiger partial charge in [-0.1, -0.05) is 31.9 Å². The summed E-state index contributed by atoms with van der Waals surface area (Å²) in [6.07, 6.45) is 8.21. The van der Waals surface area contributed by atoms with Gasteiger partial charge in [-0.25, -0.2) is 0 Å². The van der Waals surface area contributed by atoms with Crippen LogP contribution in [0.5, 0.6) is 5.75 Å². The van der Waals surface area contributed by atoms with Gasteiger partial charge in [0.2, 0.25) is 11.8 Å². The maximum atomic E-state index is 12.1. The van der Waals surface area contributed by atoms with Crippen LogP contribution in [0.2, 0.25) is 0 Å². The van der Waals surface area contributed by atoms with Crippen molar-refractivity contribution in [2.24, 2.45) is 5.92 Å². The Morgan fingerprint density at radius 2 is 1.93 bits per heavy atom. The Balaban J connectivity index is 1.66. The van der Waals surface area contributed by atoms with Crippen LogP contribution < -0.4 is 15.4 Å². The van der Waals surface area contributed by atoms with Crippen LogP contribution in [0.25, 0.3) is 6.08 Å². The molecule has 28 heavy (non-hydrogen) atoms. The molecule has 0 saturated heterocycles. The summed E-state index contributed by atoms with van der Waals surface area (Å²) >= 11 is 0. The molecule has 2 amide bonds. The van der Waals surface area contributed by atoms with E-state index in [1.165, 1.54) is 25.3 Å². The summed E-state index contributed by atoms with van der Waals surface area (Å²) in [5.74, 6) is 0.811. The summed E-state index contributed by atoms with van der Waals surface area (Å²) in [6.45, 7) is 4.83. The minimum Gasteiger partial charge on any atom is -0.497 e. The van der Waals surface area contributed by atoms with Crippen LogP contribution in [0.4, 0.5) is 0 Å². The molecule has 154 valence electrons. The largest absolute Gasteiger partial charge is 0.497 e. The molecule has 6 nitrogen and oxygen atoms in total. The minimum atomic E-state index is -0.610. The van der Waals surface area contributed by atoms with E-state index in [2.05, 4.69) is 17.6 Å². The molecular formula is C22H32N2O4. The van der Waals surface area contributed by atoms with Crippen LogP contribution in [0.1, 0.15) is 45.1 Å². The predicted octanol–water partition coefficient (Wildman–Crippen LogP) is 2.92. The third kappa shape index (κ3) is 7.35. The Kier molecular flexibility index (Phi) is 9.01. The van der Waals surface area contributed by atoms with Gasteiger partial charge in [0.05, 0.1) is 19.8 Å². The second-order valence-corrected chi connectivity index (χ2v) is 7.30. The molecule has 3 unspecified atom stereocenters. The second kappa shape index (κ2) is 11.5. The van der Waals surface area contributed by atoms with Crippen LogP contribution in [0, 0.1) is 5.92 Å². The van der Waals surface area contributed by atoms with Gasteiger partial charge in [0, 0.05) is 12.6 Å². The molecule has 3 atom stereocenters. The third-order valence-electron chi connectivity index (χ3n) is 5.06. The van der Waals surface area contributed by atoms with Crippen LogP contribution in [-0.4, -0.2) is 44.2 Å². The van der Waals surface area contributed by atoms with Crippen molar-refractivity contribution >= 4 is 17.9 Å². The SMILES string of the molecule is COc1ccc(/C=C/C(=O)NC(C)C(=O)NCCOC2CCCCC2C)cc1. The van der Waals surface area contributed by atoms with Gasteiger partial charge >= 0.3 is 0 Å². The number of methoxy groups -OCH3 is 1. The number of carbonyl (C=O) groups is 2. The van der Waals surface area contributed by atoms with Gasteiger partial charge in [-0.3, -0.25) is 9.59 Å². The van der Waals surface area contributed by atoms with E-state index >= 15 is 0 Å². The fourth-order valence-electron chi connectivity index (χ4n) is 3.28. The molecule has 0 radical (unpaired) electrons. The molecule has 1 aliphatic carbocycles. The van der Waals surface area contributed by atoms with Crippen LogP contribution >= 0.6 is 0 Å². The molecule has 2 N–H and O–H groups in total. The highest BCUT2D eigenvalue weighted by atomic mass is 16.5. The normalized spacial score (nSPS) is 20.5. The number of rotatable bonds is 9. The van der Waals surface area contributed by atoms with Gasteiger partial charge in [-0.15, -0.1) is 0 Å². The highest BCUT2D eigenvalue weighted by Crippen LogP contribution is 2.25. The lowest BCUT2D eigenvalue weighted by Crippen LogP contribution is -2.45. The van der Waals surface area contributed by atoms with Gasteiger partial charge < -0.3 is 20.1 Å². The molecule has 0 aliphatic heterocycles. The van der Waals surface area contributed by atoms with E-state index in [0.717, 1.165) is 17.7 Å². The summed E-state index contributed by atoms with van der Waals surface area (Å²) in [4.78, 5) is 24.1. The maximum absolute atomic E-state index is 12.1. The molecule has 1 fully saturated rings. The topological polar surface area (TPSA) is 76.7 Å². The number of nitrogens with one attached hydrogen (secondary N) is 2. The molecule has 2 rings (SSSR count). The number of hydrogen-bond donors (Lipinski definition) is 2. The first kappa shape index (κ1) is 22.0. The van der Waals surface area contributed by atoms with Gasteiger partial charge in [0.1, 0.15) is 11.8 Å². The number of benzene rings is 1. The summed E-state index contributed by atoms with van der Waals surface area (Å²) in [7, 11) is 1.60. The zero-order valence-electron chi connectivity index (χ0n) is 17.1. The van der Waals surface area contributed by atoms with E-state index in [0.29, 0.717) is 25.2 Å². The Bertz CT molecular complexity index is 657. The van der Waals surface area contributed by atoms with Gasteiger partial charge in [-0.05, 0) is 49.5 Å². The van der Waals surface area contributed by atoms with Crippen molar-refractivity contribution in [2.75, 3.05) is 20.3 Å². The molecular weight excluding hydrogens is 356 g/mol. The lowest BCUT2D eigenvalue weighted by atomic mass is 9.88. The number of hydrogen-bond acceptors (Lipinski definition) is 4. The van der Waals surface area contributed by atoms with E-state index in [1.807, 2.05) is 24.3 Å². The molecule has 0 spiro atoms. The molecule has 0 aromatic heterocycles. The Morgan fingerprint density at radius 1 is 1.21 bits per heavy atom. The molecule has 1 saturated carbocycles. The first-order chi connectivity index (χ1) is 13.5. The summed E-state index contributed by atoms with van der Waals surface area (Å²) in [5.41, 5.74) is 0.877. The number of amides is 2. The van der Waals surface area contributed by atoms with Gasteiger partial charge in [0.25, 0.3) is 0 Å². The fourth-order valence-corrected chi connectivity index (χ4v) is 3.28. The maximum Gasteiger partial charge on any atom is 0.244 e. The Morgan fingerprint density at radius 3 is 2.61 bits per heavy atom. The number of carbonyl (C=O) groups excluding carboxylic acids is 2. The molecule has 0 heterocycles. The van der Waals surface area contributed by atoms with Crippen molar-refractivity contribution in [3.05, 3.63) is 35.9 Å². The van der Waals surface area contributed by atoms with Gasteiger partial charge in [-0.2, -0.15) is 0 Å². The lowest BCUT2D eigenvalue weighted by Gasteiger charge is -2.28. The average Bonchev–Trinajstić information content (AvgIpc) is 2.71. The quantitative estimate of drug-likeness (QED) is 0.504. The fraction of sp³-hybridized carbons (Fsp3) is 0.545. The Hall–Kier alpha value is -2.34. The molecule has 0 bridgehead atoms. The molecule has 1 aromatic rings. The van der Waals surface area contributed by atoms with E-state index in [9.17, 15) is 9.59 Å². The van der Waals surface area contributed by atoms with E-state index in [-0.39, 0.29) is 11.8 Å². The first-order valence-electron chi connectivity index (χ1n) is 10.0.